The number of hydrogen-bond donors (Lipinski definition) is 3. The molecule has 324 valence electrons. The quantitative estimate of drug-likeness (QED) is 0.0882. The largest absolute Gasteiger partial charge is 0.459 e. The molecule has 15 nitrogen and oxygen atoms in total. The number of hydrogen-bond acceptors (Lipinski definition) is 13. The minimum absolute atomic E-state index is 0.0171. The highest BCUT2D eigenvalue weighted by Gasteiger charge is 2.69. The number of carbonyl (C=O) groups is 3. The fraction of sp³-hybridized carbons (Fsp3) is 0.923. The summed E-state index contributed by atoms with van der Waals surface area (Å²) in [4.78, 5) is 39.4. The molecule has 0 amide bonds. The van der Waals surface area contributed by atoms with Gasteiger partial charge in [-0.3, -0.25) is 23.5 Å². The summed E-state index contributed by atoms with van der Waals surface area (Å²) >= 11 is 0. The molecule has 4 rings (SSSR count). The first kappa shape index (κ1) is 46.8. The van der Waals surface area contributed by atoms with Crippen molar-refractivity contribution in [2.24, 2.45) is 58.2 Å². The molecular formula is C39H66O15S2. The van der Waals surface area contributed by atoms with Crippen LogP contribution in [0.1, 0.15) is 133 Å². The lowest BCUT2D eigenvalue weighted by Crippen LogP contribution is -2.59. The molecule has 0 aromatic heterocycles. The fourth-order valence-corrected chi connectivity index (χ4v) is 13.1. The Hall–Kier alpha value is -1.89. The predicted molar refractivity (Wildman–Crippen MR) is 203 cm³/mol. The van der Waals surface area contributed by atoms with Crippen molar-refractivity contribution < 1.29 is 68.0 Å². The highest BCUT2D eigenvalue weighted by atomic mass is 32.3. The van der Waals surface area contributed by atoms with E-state index in [2.05, 4.69) is 6.92 Å². The zero-order valence-electron chi connectivity index (χ0n) is 34.4. The van der Waals surface area contributed by atoms with E-state index in [1.807, 2.05) is 48.5 Å². The van der Waals surface area contributed by atoms with Crippen molar-refractivity contribution in [3.05, 3.63) is 0 Å². The molecule has 0 aliphatic heterocycles. The minimum atomic E-state index is -5.04. The maximum absolute atomic E-state index is 13.4. The molecule has 0 bridgehead atoms. The van der Waals surface area contributed by atoms with Gasteiger partial charge in [-0.25, -0.2) is 8.37 Å². The standard InChI is InChI=1S/C39H66O15S2/c1-10-13-30(41)51-35(36(25(12-3)21(4)5)52-31(42)14-11-2)22(6)32-34(43)37(50-23(7)40)33-26-16-15-24-19-28(53-55(44,45)46)29(54-56(47,48)49)20-39(24,9)27(26)17-18-38(32,33)8/h21-22,24-29,32-37,43H,10-20H2,1-9H3,(H,44,45,46)(H,47,48,49)/t22-,24-,25-,26+,27-,28+,29+,32-,33+,34+,35-,36-,37+,38+,39-/m0/s1. The summed E-state index contributed by atoms with van der Waals surface area (Å²) in [6.45, 7) is 17.1. The molecule has 0 unspecified atom stereocenters. The molecule has 0 saturated heterocycles. The summed E-state index contributed by atoms with van der Waals surface area (Å²) < 4.78 is 95.2. The van der Waals surface area contributed by atoms with E-state index >= 15 is 0 Å². The maximum atomic E-state index is 13.4. The number of aliphatic hydroxyl groups excluding tert-OH is 1. The Kier molecular flexibility index (Phi) is 15.2. The van der Waals surface area contributed by atoms with Crippen molar-refractivity contribution in [2.75, 3.05) is 0 Å². The van der Waals surface area contributed by atoms with Crippen LogP contribution in [0.4, 0.5) is 0 Å². The van der Waals surface area contributed by atoms with E-state index in [0.29, 0.717) is 44.9 Å². The Labute approximate surface area is 333 Å². The maximum Gasteiger partial charge on any atom is 0.397 e. The molecule has 4 fully saturated rings. The normalized spacial score (nSPS) is 36.6. The molecule has 0 spiro atoms. The van der Waals surface area contributed by atoms with Crippen LogP contribution in [0.2, 0.25) is 0 Å². The monoisotopic (exact) mass is 838 g/mol. The molecular weight excluding hydrogens is 773 g/mol. The van der Waals surface area contributed by atoms with Gasteiger partial charge in [0.15, 0.2) is 0 Å². The van der Waals surface area contributed by atoms with Gasteiger partial charge in [0.25, 0.3) is 0 Å². The van der Waals surface area contributed by atoms with Gasteiger partial charge in [0.05, 0.1) is 6.10 Å². The molecule has 0 aromatic rings. The summed E-state index contributed by atoms with van der Waals surface area (Å²) in [5.41, 5.74) is -1.34. The summed E-state index contributed by atoms with van der Waals surface area (Å²) in [5.74, 6) is -3.52. The molecule has 3 N–H and O–H groups in total. The first-order chi connectivity index (χ1) is 25.9. The van der Waals surface area contributed by atoms with Crippen molar-refractivity contribution in [2.45, 2.75) is 170 Å². The van der Waals surface area contributed by atoms with Crippen LogP contribution in [0.5, 0.6) is 0 Å². The van der Waals surface area contributed by atoms with Crippen LogP contribution < -0.4 is 0 Å². The lowest BCUT2D eigenvalue weighted by atomic mass is 9.44. The van der Waals surface area contributed by atoms with Gasteiger partial charge >= 0.3 is 38.7 Å². The van der Waals surface area contributed by atoms with Crippen molar-refractivity contribution in [3.63, 3.8) is 0 Å². The van der Waals surface area contributed by atoms with Crippen LogP contribution in [0.25, 0.3) is 0 Å². The third kappa shape index (κ3) is 10.1. The SMILES string of the molecule is CCCC(=O)O[C@H]([C@@H](OC(=O)CCC)[C@@H](C)[C@H]1[C@@H](O)[C@H](OC(C)=O)[C@H]2[C@@H]3CC[C@H]4C[C@@H](OS(=O)(=O)O)[C@H](OS(=O)(=O)O)C[C@]4(C)[C@H]3CC[C@@]21C)[C@@H](CC)C(C)C. The Morgan fingerprint density at radius 1 is 0.804 bits per heavy atom. The van der Waals surface area contributed by atoms with Crippen molar-refractivity contribution in [3.8, 4) is 0 Å². The zero-order valence-corrected chi connectivity index (χ0v) is 36.1. The Balaban J connectivity index is 1.80. The van der Waals surface area contributed by atoms with Crippen LogP contribution in [0, 0.1) is 58.2 Å². The second-order valence-corrected chi connectivity index (χ2v) is 20.0. The van der Waals surface area contributed by atoms with Gasteiger partial charge < -0.3 is 19.3 Å². The molecule has 15 atom stereocenters. The van der Waals surface area contributed by atoms with Gasteiger partial charge in [-0.15, -0.1) is 0 Å². The average molecular weight is 839 g/mol. The molecule has 4 saturated carbocycles. The minimum Gasteiger partial charge on any atom is -0.459 e. The second-order valence-electron chi connectivity index (χ2n) is 17.9. The molecule has 0 aromatic carbocycles. The molecule has 0 radical (unpaired) electrons. The summed E-state index contributed by atoms with van der Waals surface area (Å²) in [6.07, 6.45) is -2.21. The lowest BCUT2D eigenvalue weighted by Gasteiger charge is -2.62. The van der Waals surface area contributed by atoms with E-state index < -0.39 is 104 Å². The van der Waals surface area contributed by atoms with Crippen LogP contribution >= 0.6 is 0 Å². The number of rotatable bonds is 17. The van der Waals surface area contributed by atoms with E-state index in [9.17, 15) is 45.4 Å². The zero-order chi connectivity index (χ0) is 42.1. The molecule has 17 heteroatoms. The van der Waals surface area contributed by atoms with E-state index in [1.54, 1.807) is 0 Å². The number of esters is 3. The fourth-order valence-electron chi connectivity index (χ4n) is 12.1. The van der Waals surface area contributed by atoms with Crippen LogP contribution in [0.3, 0.4) is 0 Å². The van der Waals surface area contributed by atoms with E-state index in [-0.39, 0.29) is 55.3 Å². The highest BCUT2D eigenvalue weighted by Crippen LogP contribution is 2.69. The van der Waals surface area contributed by atoms with Gasteiger partial charge in [0.2, 0.25) is 0 Å². The third-order valence-corrected chi connectivity index (χ3v) is 15.1. The van der Waals surface area contributed by atoms with Crippen LogP contribution in [-0.4, -0.2) is 85.6 Å². The van der Waals surface area contributed by atoms with Gasteiger partial charge in [-0.1, -0.05) is 55.4 Å². The van der Waals surface area contributed by atoms with Gasteiger partial charge in [0, 0.05) is 43.4 Å². The van der Waals surface area contributed by atoms with E-state index in [1.165, 1.54) is 6.92 Å². The van der Waals surface area contributed by atoms with Crippen LogP contribution in [0.15, 0.2) is 0 Å². The first-order valence-corrected chi connectivity index (χ1v) is 23.2. The Morgan fingerprint density at radius 3 is 1.86 bits per heavy atom. The first-order valence-electron chi connectivity index (χ1n) is 20.5. The Morgan fingerprint density at radius 2 is 1.36 bits per heavy atom. The number of carbonyl (C=O) groups excluding carboxylic acids is 3. The summed E-state index contributed by atoms with van der Waals surface area (Å²) in [5, 5.41) is 12.5. The van der Waals surface area contributed by atoms with Gasteiger partial charge in [-0.2, -0.15) is 16.8 Å². The second kappa shape index (κ2) is 18.2. The Bertz CT molecular complexity index is 1620. The summed E-state index contributed by atoms with van der Waals surface area (Å²) in [6, 6.07) is 0. The van der Waals surface area contributed by atoms with Gasteiger partial charge in [0.1, 0.15) is 30.5 Å². The molecule has 4 aliphatic carbocycles. The van der Waals surface area contributed by atoms with E-state index in [0.717, 1.165) is 0 Å². The lowest BCUT2D eigenvalue weighted by molar-refractivity contribution is -0.188. The van der Waals surface area contributed by atoms with Crippen molar-refractivity contribution in [1.29, 1.82) is 0 Å². The average Bonchev–Trinajstić information content (AvgIpc) is 3.27. The number of ether oxygens (including phenoxy) is 3. The van der Waals surface area contributed by atoms with E-state index in [4.69, 9.17) is 22.6 Å². The summed E-state index contributed by atoms with van der Waals surface area (Å²) in [7, 11) is -10.0. The highest BCUT2D eigenvalue weighted by molar-refractivity contribution is 7.81. The number of fused-ring (bicyclic) bond motifs is 5. The third-order valence-electron chi connectivity index (χ3n) is 14.1. The predicted octanol–water partition coefficient (Wildman–Crippen LogP) is 5.89. The topological polar surface area (TPSA) is 226 Å². The van der Waals surface area contributed by atoms with Crippen molar-refractivity contribution in [1.82, 2.24) is 0 Å². The van der Waals surface area contributed by atoms with Crippen molar-refractivity contribution >= 4 is 38.7 Å². The smallest absolute Gasteiger partial charge is 0.397 e. The molecule has 56 heavy (non-hydrogen) atoms. The molecule has 0 heterocycles. The van der Waals surface area contributed by atoms with Crippen LogP contribution in [-0.2, 0) is 57.8 Å². The molecule has 4 aliphatic rings. The number of aliphatic hydroxyl groups is 1. The van der Waals surface area contributed by atoms with Gasteiger partial charge in [-0.05, 0) is 92.3 Å².